The highest BCUT2D eigenvalue weighted by molar-refractivity contribution is 5.88. The van der Waals surface area contributed by atoms with Gasteiger partial charge in [0.1, 0.15) is 0 Å². The van der Waals surface area contributed by atoms with E-state index in [2.05, 4.69) is 10.1 Å². The number of aromatic nitrogens is 4. The van der Waals surface area contributed by atoms with Gasteiger partial charge in [-0.05, 0) is 6.92 Å². The van der Waals surface area contributed by atoms with Crippen molar-refractivity contribution in [2.24, 2.45) is 7.05 Å². The Labute approximate surface area is 92.5 Å². The second kappa shape index (κ2) is 4.18. The summed E-state index contributed by atoms with van der Waals surface area (Å²) < 4.78 is 8.21. The molecule has 0 unspecified atom stereocenters. The van der Waals surface area contributed by atoms with E-state index in [9.17, 15) is 4.79 Å². The summed E-state index contributed by atoms with van der Waals surface area (Å²) in [5, 5.41) is 4.06. The van der Waals surface area contributed by atoms with Crippen molar-refractivity contribution in [2.45, 2.75) is 6.92 Å². The van der Waals surface area contributed by atoms with E-state index in [1.807, 2.05) is 11.6 Å². The number of carbonyl (C=O) groups is 1. The zero-order valence-electron chi connectivity index (χ0n) is 9.12. The van der Waals surface area contributed by atoms with Crippen LogP contribution in [0.2, 0.25) is 0 Å². The second-order valence-electron chi connectivity index (χ2n) is 3.23. The van der Waals surface area contributed by atoms with Gasteiger partial charge in [-0.3, -0.25) is 0 Å². The van der Waals surface area contributed by atoms with E-state index in [0.29, 0.717) is 18.1 Å². The van der Waals surface area contributed by atoms with Crippen molar-refractivity contribution < 1.29 is 9.53 Å². The van der Waals surface area contributed by atoms with Gasteiger partial charge in [-0.2, -0.15) is 5.10 Å². The molecule has 0 saturated carbocycles. The molecule has 84 valence electrons. The number of imidazole rings is 1. The maximum atomic E-state index is 11.4. The molecule has 0 aliphatic carbocycles. The first-order valence-electron chi connectivity index (χ1n) is 4.92. The van der Waals surface area contributed by atoms with Crippen molar-refractivity contribution in [1.29, 1.82) is 0 Å². The third kappa shape index (κ3) is 1.81. The molecule has 0 saturated heterocycles. The lowest BCUT2D eigenvalue weighted by atomic mass is 10.4. The summed E-state index contributed by atoms with van der Waals surface area (Å²) in [6, 6.07) is 0. The van der Waals surface area contributed by atoms with Crippen LogP contribution in [0.4, 0.5) is 0 Å². The Balaban J connectivity index is 2.26. The molecule has 2 aromatic heterocycles. The average molecular weight is 220 g/mol. The van der Waals surface area contributed by atoms with E-state index in [-0.39, 0.29) is 5.97 Å². The fourth-order valence-electron chi connectivity index (χ4n) is 1.33. The number of rotatable bonds is 3. The van der Waals surface area contributed by atoms with Crippen LogP contribution in [-0.2, 0) is 11.8 Å². The minimum atomic E-state index is -0.372. The standard InChI is InChI=1S/C10H12N4O2/c1-3-16-9(15)8-6-12-14(7-8)10-11-4-5-13(10)2/h4-7H,3H2,1-2H3. The Morgan fingerprint density at radius 2 is 2.38 bits per heavy atom. The molecule has 16 heavy (non-hydrogen) atoms. The van der Waals surface area contributed by atoms with E-state index in [0.717, 1.165) is 0 Å². The normalized spacial score (nSPS) is 10.4. The molecule has 0 aliphatic rings. The molecule has 0 amide bonds. The van der Waals surface area contributed by atoms with Crippen LogP contribution in [-0.4, -0.2) is 31.9 Å². The van der Waals surface area contributed by atoms with Crippen LogP contribution >= 0.6 is 0 Å². The summed E-state index contributed by atoms with van der Waals surface area (Å²) in [7, 11) is 1.86. The van der Waals surface area contributed by atoms with Crippen LogP contribution in [0.15, 0.2) is 24.8 Å². The summed E-state index contributed by atoms with van der Waals surface area (Å²) in [5.41, 5.74) is 0.421. The summed E-state index contributed by atoms with van der Waals surface area (Å²) in [5.74, 6) is 0.276. The zero-order chi connectivity index (χ0) is 11.5. The van der Waals surface area contributed by atoms with Crippen molar-refractivity contribution in [3.8, 4) is 5.95 Å². The van der Waals surface area contributed by atoms with Crippen LogP contribution in [0.3, 0.4) is 0 Å². The monoisotopic (exact) mass is 220 g/mol. The minimum Gasteiger partial charge on any atom is -0.462 e. The SMILES string of the molecule is CCOC(=O)c1cnn(-c2nccn2C)c1. The molecular formula is C10H12N4O2. The van der Waals surface area contributed by atoms with E-state index in [1.165, 1.54) is 10.9 Å². The minimum absolute atomic E-state index is 0.354. The second-order valence-corrected chi connectivity index (χ2v) is 3.23. The smallest absolute Gasteiger partial charge is 0.341 e. The molecule has 0 atom stereocenters. The third-order valence-corrected chi connectivity index (χ3v) is 2.09. The molecule has 2 rings (SSSR count). The summed E-state index contributed by atoms with van der Waals surface area (Å²) in [6.45, 7) is 2.12. The fraction of sp³-hybridized carbons (Fsp3) is 0.300. The first-order valence-corrected chi connectivity index (χ1v) is 4.92. The lowest BCUT2D eigenvalue weighted by Gasteiger charge is -1.99. The van der Waals surface area contributed by atoms with Gasteiger partial charge >= 0.3 is 5.97 Å². The first kappa shape index (κ1) is 10.4. The molecule has 0 radical (unpaired) electrons. The van der Waals surface area contributed by atoms with Gasteiger partial charge in [0.05, 0.1) is 18.4 Å². The number of nitrogens with zero attached hydrogens (tertiary/aromatic N) is 4. The molecule has 2 heterocycles. The Kier molecular flexibility index (Phi) is 2.72. The largest absolute Gasteiger partial charge is 0.462 e. The topological polar surface area (TPSA) is 61.9 Å². The highest BCUT2D eigenvalue weighted by atomic mass is 16.5. The molecule has 0 bridgehead atoms. The number of carbonyl (C=O) groups excluding carboxylic acids is 1. The highest BCUT2D eigenvalue weighted by Crippen LogP contribution is 2.06. The van der Waals surface area contributed by atoms with Gasteiger partial charge in [0.15, 0.2) is 0 Å². The van der Waals surface area contributed by atoms with Crippen LogP contribution in [0, 0.1) is 0 Å². The zero-order valence-corrected chi connectivity index (χ0v) is 9.12. The molecule has 0 aromatic carbocycles. The number of hydrogen-bond donors (Lipinski definition) is 0. The maximum absolute atomic E-state index is 11.4. The van der Waals surface area contributed by atoms with Gasteiger partial charge in [-0.15, -0.1) is 0 Å². The predicted octanol–water partition coefficient (Wildman–Crippen LogP) is 0.782. The van der Waals surface area contributed by atoms with Crippen molar-refractivity contribution >= 4 is 5.97 Å². The third-order valence-electron chi connectivity index (χ3n) is 2.09. The Bertz CT molecular complexity index is 500. The molecule has 6 heteroatoms. The van der Waals surface area contributed by atoms with Gasteiger partial charge in [0.25, 0.3) is 0 Å². The average Bonchev–Trinajstić information content (AvgIpc) is 2.86. The number of ether oxygens (including phenoxy) is 1. The molecule has 0 N–H and O–H groups in total. The number of aryl methyl sites for hydroxylation is 1. The summed E-state index contributed by atoms with van der Waals surface area (Å²) >= 11 is 0. The maximum Gasteiger partial charge on any atom is 0.341 e. The van der Waals surface area contributed by atoms with Crippen LogP contribution in [0.5, 0.6) is 0 Å². The first-order chi connectivity index (χ1) is 7.72. The van der Waals surface area contributed by atoms with E-state index in [1.54, 1.807) is 25.5 Å². The molecular weight excluding hydrogens is 208 g/mol. The van der Waals surface area contributed by atoms with Gasteiger partial charge in [0, 0.05) is 25.6 Å². The van der Waals surface area contributed by atoms with Gasteiger partial charge < -0.3 is 9.30 Å². The number of hydrogen-bond acceptors (Lipinski definition) is 4. The molecule has 6 nitrogen and oxygen atoms in total. The molecule has 0 spiro atoms. The fourth-order valence-corrected chi connectivity index (χ4v) is 1.33. The van der Waals surface area contributed by atoms with Crippen molar-refractivity contribution in [3.63, 3.8) is 0 Å². The van der Waals surface area contributed by atoms with Gasteiger partial charge in [-0.1, -0.05) is 0 Å². The van der Waals surface area contributed by atoms with E-state index < -0.39 is 0 Å². The van der Waals surface area contributed by atoms with E-state index in [4.69, 9.17) is 4.74 Å². The Morgan fingerprint density at radius 3 is 3.00 bits per heavy atom. The lowest BCUT2D eigenvalue weighted by molar-refractivity contribution is 0.0526. The molecule has 2 aromatic rings. The summed E-state index contributed by atoms with van der Waals surface area (Å²) in [4.78, 5) is 15.5. The van der Waals surface area contributed by atoms with Gasteiger partial charge in [-0.25, -0.2) is 14.5 Å². The van der Waals surface area contributed by atoms with Crippen molar-refractivity contribution in [2.75, 3.05) is 6.61 Å². The van der Waals surface area contributed by atoms with Crippen LogP contribution in [0.1, 0.15) is 17.3 Å². The highest BCUT2D eigenvalue weighted by Gasteiger charge is 2.11. The summed E-state index contributed by atoms with van der Waals surface area (Å²) in [6.07, 6.45) is 6.54. The van der Waals surface area contributed by atoms with Crippen molar-refractivity contribution in [3.05, 3.63) is 30.4 Å². The Morgan fingerprint density at radius 1 is 1.56 bits per heavy atom. The predicted molar refractivity (Wildman–Crippen MR) is 56.3 cm³/mol. The lowest BCUT2D eigenvalue weighted by Crippen LogP contribution is -2.05. The molecule has 0 aliphatic heterocycles. The molecule has 0 fully saturated rings. The number of esters is 1. The van der Waals surface area contributed by atoms with Gasteiger partial charge in [0.2, 0.25) is 5.95 Å². The van der Waals surface area contributed by atoms with Crippen LogP contribution in [0.25, 0.3) is 5.95 Å². The van der Waals surface area contributed by atoms with Crippen LogP contribution < -0.4 is 0 Å². The van der Waals surface area contributed by atoms with E-state index >= 15 is 0 Å². The Hall–Kier alpha value is -2.11. The van der Waals surface area contributed by atoms with Crippen molar-refractivity contribution in [1.82, 2.24) is 19.3 Å². The quantitative estimate of drug-likeness (QED) is 0.717.